The molecule has 0 amide bonds. The van der Waals surface area contributed by atoms with Crippen LogP contribution in [-0.4, -0.2) is 22.7 Å². The molecule has 0 saturated heterocycles. The highest BCUT2D eigenvalue weighted by Crippen LogP contribution is 2.25. The fourth-order valence-electron chi connectivity index (χ4n) is 2.42. The third-order valence-corrected chi connectivity index (χ3v) is 3.32. The summed E-state index contributed by atoms with van der Waals surface area (Å²) in [6.45, 7) is 6.53. The van der Waals surface area contributed by atoms with Crippen LogP contribution in [0.3, 0.4) is 0 Å². The van der Waals surface area contributed by atoms with Crippen molar-refractivity contribution in [2.24, 2.45) is 5.73 Å². The van der Waals surface area contributed by atoms with Crippen LogP contribution in [0.5, 0.6) is 5.75 Å². The maximum absolute atomic E-state index is 5.93. The summed E-state index contributed by atoms with van der Waals surface area (Å²) in [5.41, 5.74) is 9.27. The molecule has 0 aliphatic carbocycles. The minimum atomic E-state index is 0.685. The Bertz CT molecular complexity index is 512. The van der Waals surface area contributed by atoms with Crippen molar-refractivity contribution in [1.82, 2.24) is 9.55 Å². The first-order chi connectivity index (χ1) is 9.70. The maximum Gasteiger partial charge on any atom is 0.125 e. The monoisotopic (exact) mass is 273 g/mol. The molecule has 2 rings (SSSR count). The van der Waals surface area contributed by atoms with Crippen LogP contribution >= 0.6 is 0 Å². The summed E-state index contributed by atoms with van der Waals surface area (Å²) in [5, 5.41) is 0. The van der Waals surface area contributed by atoms with Gasteiger partial charge in [0.2, 0.25) is 0 Å². The molecule has 0 aliphatic rings. The van der Waals surface area contributed by atoms with E-state index in [1.165, 1.54) is 16.7 Å². The number of hydrogen-bond acceptors (Lipinski definition) is 3. The van der Waals surface area contributed by atoms with E-state index in [4.69, 9.17) is 10.5 Å². The van der Waals surface area contributed by atoms with Gasteiger partial charge in [-0.05, 0) is 49.9 Å². The largest absolute Gasteiger partial charge is 0.493 e. The van der Waals surface area contributed by atoms with Crippen LogP contribution in [-0.2, 0) is 13.0 Å². The second kappa shape index (κ2) is 7.10. The summed E-state index contributed by atoms with van der Waals surface area (Å²) in [4.78, 5) is 4.03. The summed E-state index contributed by atoms with van der Waals surface area (Å²) in [5.74, 6) is 1.01. The van der Waals surface area contributed by atoms with E-state index < -0.39 is 0 Å². The third-order valence-electron chi connectivity index (χ3n) is 3.32. The van der Waals surface area contributed by atoms with Crippen LogP contribution < -0.4 is 10.5 Å². The van der Waals surface area contributed by atoms with Gasteiger partial charge < -0.3 is 15.0 Å². The van der Waals surface area contributed by atoms with Gasteiger partial charge in [-0.3, -0.25) is 0 Å². The van der Waals surface area contributed by atoms with Crippen molar-refractivity contribution < 1.29 is 4.74 Å². The molecule has 0 spiro atoms. The van der Waals surface area contributed by atoms with Crippen LogP contribution in [0.15, 0.2) is 30.9 Å². The normalized spacial score (nSPS) is 10.8. The number of aryl methyl sites for hydroxylation is 3. The Balaban J connectivity index is 1.89. The Labute approximate surface area is 120 Å². The standard InChI is InChI=1S/C16H23N3O/c1-13-10-15(4-5-17)11-14(2)16(13)20-9-3-7-19-8-6-18-12-19/h6,8,10-12H,3-5,7,9,17H2,1-2H3. The lowest BCUT2D eigenvalue weighted by atomic mass is 10.0. The molecule has 0 unspecified atom stereocenters. The van der Waals surface area contributed by atoms with Gasteiger partial charge in [-0.2, -0.15) is 0 Å². The molecule has 108 valence electrons. The summed E-state index contributed by atoms with van der Waals surface area (Å²) in [7, 11) is 0. The van der Waals surface area contributed by atoms with E-state index in [0.717, 1.165) is 31.7 Å². The molecule has 1 aromatic carbocycles. The van der Waals surface area contributed by atoms with Gasteiger partial charge >= 0.3 is 0 Å². The SMILES string of the molecule is Cc1cc(CCN)cc(C)c1OCCCn1ccnc1. The lowest BCUT2D eigenvalue weighted by Crippen LogP contribution is -2.07. The van der Waals surface area contributed by atoms with Crippen LogP contribution in [0.4, 0.5) is 0 Å². The summed E-state index contributed by atoms with van der Waals surface area (Å²) in [6, 6.07) is 4.34. The number of hydrogen-bond donors (Lipinski definition) is 1. The molecule has 20 heavy (non-hydrogen) atoms. The number of nitrogens with two attached hydrogens (primary N) is 1. The third kappa shape index (κ3) is 3.84. The minimum Gasteiger partial charge on any atom is -0.493 e. The van der Waals surface area contributed by atoms with E-state index in [2.05, 4.69) is 35.5 Å². The predicted octanol–water partition coefficient (Wildman–Crippen LogP) is 2.47. The molecular formula is C16H23N3O. The van der Waals surface area contributed by atoms with E-state index in [0.29, 0.717) is 6.54 Å². The highest BCUT2D eigenvalue weighted by Gasteiger charge is 2.06. The lowest BCUT2D eigenvalue weighted by molar-refractivity contribution is 0.298. The average molecular weight is 273 g/mol. The topological polar surface area (TPSA) is 53.1 Å². The van der Waals surface area contributed by atoms with E-state index >= 15 is 0 Å². The zero-order chi connectivity index (χ0) is 14.4. The van der Waals surface area contributed by atoms with Crippen molar-refractivity contribution in [3.63, 3.8) is 0 Å². The highest BCUT2D eigenvalue weighted by atomic mass is 16.5. The first-order valence-corrected chi connectivity index (χ1v) is 7.09. The Morgan fingerprint density at radius 3 is 2.60 bits per heavy atom. The maximum atomic E-state index is 5.93. The van der Waals surface area contributed by atoms with E-state index in [1.54, 1.807) is 6.20 Å². The minimum absolute atomic E-state index is 0.685. The van der Waals surface area contributed by atoms with Gasteiger partial charge in [0.15, 0.2) is 0 Å². The van der Waals surface area contributed by atoms with Crippen molar-refractivity contribution >= 4 is 0 Å². The zero-order valence-electron chi connectivity index (χ0n) is 12.3. The summed E-state index contributed by atoms with van der Waals surface area (Å²) in [6.07, 6.45) is 7.49. The van der Waals surface area contributed by atoms with Gasteiger partial charge in [0, 0.05) is 18.9 Å². The summed E-state index contributed by atoms with van der Waals surface area (Å²) < 4.78 is 8.00. The fourth-order valence-corrected chi connectivity index (χ4v) is 2.42. The predicted molar refractivity (Wildman–Crippen MR) is 81.0 cm³/mol. The van der Waals surface area contributed by atoms with Crippen molar-refractivity contribution in [2.75, 3.05) is 13.2 Å². The Kier molecular flexibility index (Phi) is 5.18. The molecule has 1 aromatic heterocycles. The molecule has 0 saturated carbocycles. The highest BCUT2D eigenvalue weighted by molar-refractivity contribution is 5.43. The van der Waals surface area contributed by atoms with Gasteiger partial charge in [-0.15, -0.1) is 0 Å². The zero-order valence-corrected chi connectivity index (χ0v) is 12.3. The molecule has 0 atom stereocenters. The van der Waals surface area contributed by atoms with Crippen molar-refractivity contribution in [2.45, 2.75) is 33.2 Å². The van der Waals surface area contributed by atoms with Crippen LogP contribution in [0.1, 0.15) is 23.1 Å². The molecule has 2 N–H and O–H groups in total. The molecule has 0 fully saturated rings. The molecule has 1 heterocycles. The Hall–Kier alpha value is -1.81. The second-order valence-electron chi connectivity index (χ2n) is 5.10. The molecule has 4 heteroatoms. The summed E-state index contributed by atoms with van der Waals surface area (Å²) >= 11 is 0. The first-order valence-electron chi connectivity index (χ1n) is 7.09. The number of ether oxygens (including phenoxy) is 1. The number of aromatic nitrogens is 2. The van der Waals surface area contributed by atoms with E-state index in [9.17, 15) is 0 Å². The second-order valence-corrected chi connectivity index (χ2v) is 5.10. The number of imidazole rings is 1. The molecule has 0 aliphatic heterocycles. The number of rotatable bonds is 7. The Morgan fingerprint density at radius 1 is 1.25 bits per heavy atom. The van der Waals surface area contributed by atoms with Gasteiger partial charge in [0.25, 0.3) is 0 Å². The van der Waals surface area contributed by atoms with Gasteiger partial charge in [0.05, 0.1) is 12.9 Å². The van der Waals surface area contributed by atoms with E-state index in [1.807, 2.05) is 12.5 Å². The Morgan fingerprint density at radius 2 is 2.00 bits per heavy atom. The van der Waals surface area contributed by atoms with Gasteiger partial charge in [-0.25, -0.2) is 4.98 Å². The van der Waals surface area contributed by atoms with E-state index in [-0.39, 0.29) is 0 Å². The van der Waals surface area contributed by atoms with Crippen LogP contribution in [0, 0.1) is 13.8 Å². The average Bonchev–Trinajstić information content (AvgIpc) is 2.90. The lowest BCUT2D eigenvalue weighted by Gasteiger charge is -2.14. The first kappa shape index (κ1) is 14.6. The van der Waals surface area contributed by atoms with Crippen molar-refractivity contribution in [1.29, 1.82) is 0 Å². The van der Waals surface area contributed by atoms with Gasteiger partial charge in [0.1, 0.15) is 5.75 Å². The quantitative estimate of drug-likeness (QED) is 0.788. The van der Waals surface area contributed by atoms with Crippen molar-refractivity contribution in [3.8, 4) is 5.75 Å². The van der Waals surface area contributed by atoms with Gasteiger partial charge in [-0.1, -0.05) is 12.1 Å². The smallest absolute Gasteiger partial charge is 0.125 e. The molecule has 0 radical (unpaired) electrons. The molecular weight excluding hydrogens is 250 g/mol. The fraction of sp³-hybridized carbons (Fsp3) is 0.438. The number of benzene rings is 1. The van der Waals surface area contributed by atoms with Crippen molar-refractivity contribution in [3.05, 3.63) is 47.5 Å². The molecule has 0 bridgehead atoms. The number of nitrogens with zero attached hydrogens (tertiary/aromatic N) is 2. The molecule has 4 nitrogen and oxygen atoms in total. The van der Waals surface area contributed by atoms with Crippen LogP contribution in [0.2, 0.25) is 0 Å². The molecule has 2 aromatic rings. The van der Waals surface area contributed by atoms with Crippen LogP contribution in [0.25, 0.3) is 0 Å².